The first kappa shape index (κ1) is 14.6. The van der Waals surface area contributed by atoms with E-state index >= 15 is 0 Å². The maximum atomic E-state index is 13.4. The number of ether oxygens (including phenoxy) is 1. The summed E-state index contributed by atoms with van der Waals surface area (Å²) in [5.41, 5.74) is 2.44. The van der Waals surface area contributed by atoms with Crippen molar-refractivity contribution in [3.8, 4) is 0 Å². The molecule has 2 aliphatic heterocycles. The molecule has 4 nitrogen and oxygen atoms in total. The van der Waals surface area contributed by atoms with Gasteiger partial charge < -0.3 is 4.74 Å². The van der Waals surface area contributed by atoms with Gasteiger partial charge in [-0.3, -0.25) is 0 Å². The van der Waals surface area contributed by atoms with Gasteiger partial charge in [-0.2, -0.15) is 4.31 Å². The quantitative estimate of drug-likeness (QED) is 0.844. The van der Waals surface area contributed by atoms with Crippen LogP contribution < -0.4 is 0 Å². The van der Waals surface area contributed by atoms with E-state index in [9.17, 15) is 8.42 Å². The van der Waals surface area contributed by atoms with Gasteiger partial charge in [0, 0.05) is 0 Å². The molecule has 0 aromatic heterocycles. The standard InChI is InChI=1S/C19H19NO3S/c21-24(22,15-7-2-1-3-8-15)20-18-11-14(12-23-18)17-10-13-6-4-5-9-16(13)19(17)20/h1-9,14,17-19H,10-12H2/t14-,17+,18-,19+/m1/s1. The number of hydrogen-bond donors (Lipinski definition) is 0. The second-order valence-corrected chi connectivity index (χ2v) is 8.79. The first-order valence-corrected chi connectivity index (χ1v) is 9.88. The lowest BCUT2D eigenvalue weighted by atomic mass is 9.82. The van der Waals surface area contributed by atoms with Crippen molar-refractivity contribution >= 4 is 10.0 Å². The fourth-order valence-corrected chi connectivity index (χ4v) is 6.43. The van der Waals surface area contributed by atoms with Gasteiger partial charge in [0.25, 0.3) is 0 Å². The molecule has 2 aromatic carbocycles. The van der Waals surface area contributed by atoms with E-state index in [1.165, 1.54) is 5.56 Å². The lowest BCUT2D eigenvalue weighted by Gasteiger charge is -2.40. The minimum atomic E-state index is -3.59. The molecule has 0 unspecified atom stereocenters. The molecule has 5 rings (SSSR count). The van der Waals surface area contributed by atoms with Gasteiger partial charge in [0.1, 0.15) is 6.23 Å². The first-order chi connectivity index (χ1) is 11.7. The second-order valence-electron chi connectivity index (χ2n) is 6.94. The molecule has 0 spiro atoms. The molecule has 24 heavy (non-hydrogen) atoms. The summed E-state index contributed by atoms with van der Waals surface area (Å²) in [6.07, 6.45) is 1.41. The third kappa shape index (κ3) is 1.95. The average molecular weight is 341 g/mol. The van der Waals surface area contributed by atoms with Crippen LogP contribution in [-0.2, 0) is 21.2 Å². The number of rotatable bonds is 2. The third-order valence-corrected chi connectivity index (χ3v) is 7.61. The predicted molar refractivity (Wildman–Crippen MR) is 89.7 cm³/mol. The van der Waals surface area contributed by atoms with Crippen LogP contribution >= 0.6 is 0 Å². The van der Waals surface area contributed by atoms with Crippen LogP contribution in [0.3, 0.4) is 0 Å². The highest BCUT2D eigenvalue weighted by molar-refractivity contribution is 7.89. The van der Waals surface area contributed by atoms with Gasteiger partial charge in [-0.25, -0.2) is 8.42 Å². The normalized spacial score (nSPS) is 31.7. The second kappa shape index (κ2) is 5.15. The number of nitrogens with zero attached hydrogens (tertiary/aromatic N) is 1. The minimum Gasteiger partial charge on any atom is -0.362 e. The zero-order valence-electron chi connectivity index (χ0n) is 13.2. The Labute approximate surface area is 142 Å². The summed E-state index contributed by atoms with van der Waals surface area (Å²) in [5, 5.41) is 0. The van der Waals surface area contributed by atoms with E-state index in [1.54, 1.807) is 28.6 Å². The Bertz CT molecular complexity index is 880. The molecule has 2 aromatic rings. The van der Waals surface area contributed by atoms with E-state index in [-0.39, 0.29) is 12.3 Å². The molecule has 5 heteroatoms. The molecule has 2 fully saturated rings. The maximum absolute atomic E-state index is 13.4. The molecule has 0 N–H and O–H groups in total. The Morgan fingerprint density at radius 1 is 1.00 bits per heavy atom. The zero-order chi connectivity index (χ0) is 16.3. The fraction of sp³-hybridized carbons (Fsp3) is 0.368. The molecule has 2 bridgehead atoms. The van der Waals surface area contributed by atoms with Crippen LogP contribution in [-0.4, -0.2) is 25.6 Å². The topological polar surface area (TPSA) is 46.6 Å². The van der Waals surface area contributed by atoms with Gasteiger partial charge >= 0.3 is 0 Å². The Morgan fingerprint density at radius 2 is 1.75 bits per heavy atom. The van der Waals surface area contributed by atoms with Crippen molar-refractivity contribution in [3.05, 3.63) is 65.7 Å². The molecule has 2 saturated heterocycles. The zero-order valence-corrected chi connectivity index (χ0v) is 14.0. The summed E-state index contributed by atoms with van der Waals surface area (Å²) in [6.45, 7) is 0.667. The highest BCUT2D eigenvalue weighted by atomic mass is 32.2. The SMILES string of the molecule is O=S(=O)(c1ccccc1)N1[C@H]2C[C@H](CO2)[C@@H]2Cc3ccccc3[C@@H]21. The van der Waals surface area contributed by atoms with Crippen LogP contribution in [0.15, 0.2) is 59.5 Å². The minimum absolute atomic E-state index is 0.0994. The monoisotopic (exact) mass is 341 g/mol. The van der Waals surface area contributed by atoms with E-state index in [1.807, 2.05) is 18.2 Å². The Morgan fingerprint density at radius 3 is 2.58 bits per heavy atom. The van der Waals surface area contributed by atoms with E-state index in [0.717, 1.165) is 18.4 Å². The van der Waals surface area contributed by atoms with Crippen LogP contribution in [0.1, 0.15) is 23.6 Å². The number of sulfonamides is 1. The molecule has 3 aliphatic rings. The van der Waals surface area contributed by atoms with Crippen molar-refractivity contribution in [1.82, 2.24) is 4.31 Å². The highest BCUT2D eigenvalue weighted by Gasteiger charge is 2.55. The summed E-state index contributed by atoms with van der Waals surface area (Å²) in [5.74, 6) is 0.772. The maximum Gasteiger partial charge on any atom is 0.245 e. The fourth-order valence-electron chi connectivity index (χ4n) is 4.66. The molecule has 0 saturated carbocycles. The Hall–Kier alpha value is -1.69. The number of benzene rings is 2. The summed E-state index contributed by atoms with van der Waals surface area (Å²) in [4.78, 5) is 0.349. The van der Waals surface area contributed by atoms with Crippen LogP contribution in [0, 0.1) is 11.8 Å². The van der Waals surface area contributed by atoms with Gasteiger partial charge in [-0.15, -0.1) is 0 Å². The van der Waals surface area contributed by atoms with Crippen LogP contribution in [0.4, 0.5) is 0 Å². The molecular weight excluding hydrogens is 322 g/mol. The lowest BCUT2D eigenvalue weighted by molar-refractivity contribution is 0.00360. The van der Waals surface area contributed by atoms with Gasteiger partial charge in [0.2, 0.25) is 10.0 Å². The predicted octanol–water partition coefficient (Wildman–Crippen LogP) is 2.97. The van der Waals surface area contributed by atoms with Crippen molar-refractivity contribution in [3.63, 3.8) is 0 Å². The van der Waals surface area contributed by atoms with Crippen molar-refractivity contribution in [2.24, 2.45) is 11.8 Å². The van der Waals surface area contributed by atoms with E-state index in [4.69, 9.17) is 4.74 Å². The summed E-state index contributed by atoms with van der Waals surface area (Å²) in [6, 6.07) is 16.9. The number of fused-ring (bicyclic) bond motifs is 6. The largest absolute Gasteiger partial charge is 0.362 e. The van der Waals surface area contributed by atoms with Gasteiger partial charge in [0.05, 0.1) is 17.5 Å². The third-order valence-electron chi connectivity index (χ3n) is 5.72. The van der Waals surface area contributed by atoms with E-state index < -0.39 is 10.0 Å². The highest BCUT2D eigenvalue weighted by Crippen LogP contribution is 2.54. The van der Waals surface area contributed by atoms with Gasteiger partial charge in [0.15, 0.2) is 0 Å². The van der Waals surface area contributed by atoms with Crippen molar-refractivity contribution < 1.29 is 13.2 Å². The van der Waals surface area contributed by atoms with Gasteiger partial charge in [-0.1, -0.05) is 42.5 Å². The Balaban J connectivity index is 1.67. The molecule has 2 heterocycles. The van der Waals surface area contributed by atoms with Gasteiger partial charge in [-0.05, 0) is 47.9 Å². The molecule has 4 atom stereocenters. The summed E-state index contributed by atoms with van der Waals surface area (Å²) >= 11 is 0. The van der Waals surface area contributed by atoms with Crippen molar-refractivity contribution in [2.75, 3.05) is 6.61 Å². The van der Waals surface area contributed by atoms with Crippen LogP contribution in [0.25, 0.3) is 0 Å². The smallest absolute Gasteiger partial charge is 0.245 e. The first-order valence-electron chi connectivity index (χ1n) is 8.44. The molecular formula is C19H19NO3S. The summed E-state index contributed by atoms with van der Waals surface area (Å²) < 4.78 is 34.3. The molecule has 0 radical (unpaired) electrons. The molecule has 1 aliphatic carbocycles. The summed E-state index contributed by atoms with van der Waals surface area (Å²) in [7, 11) is -3.59. The van der Waals surface area contributed by atoms with E-state index in [2.05, 4.69) is 12.1 Å². The number of piperidine rings is 1. The van der Waals surface area contributed by atoms with Crippen LogP contribution in [0.2, 0.25) is 0 Å². The van der Waals surface area contributed by atoms with E-state index in [0.29, 0.717) is 23.3 Å². The van der Waals surface area contributed by atoms with Crippen molar-refractivity contribution in [1.29, 1.82) is 0 Å². The van der Waals surface area contributed by atoms with Crippen LogP contribution in [0.5, 0.6) is 0 Å². The van der Waals surface area contributed by atoms with Crippen molar-refractivity contribution in [2.45, 2.75) is 30.0 Å². The Kier molecular flexibility index (Phi) is 3.14. The molecule has 0 amide bonds. The lowest BCUT2D eigenvalue weighted by Crippen LogP contribution is -2.47. The average Bonchev–Trinajstić information content (AvgIpc) is 3.19. The molecule has 124 valence electrons. The number of hydrogen-bond acceptors (Lipinski definition) is 3.